The first kappa shape index (κ1) is 23.8. The van der Waals surface area contributed by atoms with Crippen LogP contribution in [0.15, 0.2) is 84.0 Å². The molecule has 6 nitrogen and oxygen atoms in total. The van der Waals surface area contributed by atoms with Gasteiger partial charge in [-0.1, -0.05) is 65.8 Å². The van der Waals surface area contributed by atoms with Crippen molar-refractivity contribution in [2.24, 2.45) is 0 Å². The van der Waals surface area contributed by atoms with Crippen molar-refractivity contribution in [2.75, 3.05) is 16.4 Å². The molecule has 0 saturated heterocycles. The summed E-state index contributed by atoms with van der Waals surface area (Å²) in [5.74, 6) is 0.432. The van der Waals surface area contributed by atoms with Crippen LogP contribution in [0.5, 0.6) is 0 Å². The quantitative estimate of drug-likeness (QED) is 0.278. The molecule has 174 valence electrons. The predicted octanol–water partition coefficient (Wildman–Crippen LogP) is 5.66. The fourth-order valence-corrected chi connectivity index (χ4v) is 4.26. The van der Waals surface area contributed by atoms with E-state index in [0.717, 1.165) is 17.9 Å². The van der Waals surface area contributed by atoms with Crippen LogP contribution in [0.1, 0.15) is 11.4 Å². The number of nitrogens with one attached hydrogen (secondary N) is 2. The molecule has 0 spiro atoms. The highest BCUT2D eigenvalue weighted by molar-refractivity contribution is 7.99. The molecule has 0 aliphatic carbocycles. The summed E-state index contributed by atoms with van der Waals surface area (Å²) in [4.78, 5) is 12.5. The van der Waals surface area contributed by atoms with Gasteiger partial charge >= 0.3 is 0 Å². The number of halogens is 2. The van der Waals surface area contributed by atoms with Gasteiger partial charge < -0.3 is 15.2 Å². The van der Waals surface area contributed by atoms with Gasteiger partial charge in [-0.25, -0.2) is 4.39 Å². The Morgan fingerprint density at radius 2 is 1.71 bits per heavy atom. The highest BCUT2D eigenvalue weighted by Gasteiger charge is 2.15. The highest BCUT2D eigenvalue weighted by atomic mass is 35.5. The maximum Gasteiger partial charge on any atom is 0.234 e. The van der Waals surface area contributed by atoms with Gasteiger partial charge in [0.05, 0.1) is 23.0 Å². The molecular formula is C25H23ClFN5OS. The average Bonchev–Trinajstić information content (AvgIpc) is 3.25. The smallest absolute Gasteiger partial charge is 0.234 e. The van der Waals surface area contributed by atoms with Gasteiger partial charge in [0.1, 0.15) is 5.82 Å². The van der Waals surface area contributed by atoms with E-state index in [4.69, 9.17) is 11.6 Å². The lowest BCUT2D eigenvalue weighted by Crippen LogP contribution is -2.16. The van der Waals surface area contributed by atoms with Crippen LogP contribution in [0.4, 0.5) is 15.8 Å². The third-order valence-electron chi connectivity index (χ3n) is 5.04. The van der Waals surface area contributed by atoms with Crippen LogP contribution in [0, 0.1) is 5.82 Å². The van der Waals surface area contributed by atoms with Crippen LogP contribution in [-0.2, 0) is 24.3 Å². The lowest BCUT2D eigenvalue weighted by atomic mass is 10.1. The minimum Gasteiger partial charge on any atom is -0.378 e. The minimum atomic E-state index is -0.287. The molecule has 0 aliphatic heterocycles. The van der Waals surface area contributed by atoms with Crippen molar-refractivity contribution in [1.29, 1.82) is 0 Å². The summed E-state index contributed by atoms with van der Waals surface area (Å²) >= 11 is 7.45. The van der Waals surface area contributed by atoms with Gasteiger partial charge in [-0.05, 0) is 48.4 Å². The number of hydrogen-bond donors (Lipinski definition) is 2. The fourth-order valence-electron chi connectivity index (χ4n) is 3.29. The number of aryl methyl sites for hydroxylation is 1. The molecule has 34 heavy (non-hydrogen) atoms. The third kappa shape index (κ3) is 6.59. The molecule has 0 fully saturated rings. The Balaban J connectivity index is 1.44. The molecule has 0 aliphatic rings. The fraction of sp³-hybridized carbons (Fsp3) is 0.160. The van der Waals surface area contributed by atoms with Gasteiger partial charge in [0.25, 0.3) is 0 Å². The van der Waals surface area contributed by atoms with Gasteiger partial charge in [0, 0.05) is 12.2 Å². The van der Waals surface area contributed by atoms with Crippen LogP contribution in [0.25, 0.3) is 0 Å². The second-order valence-electron chi connectivity index (χ2n) is 7.46. The van der Waals surface area contributed by atoms with Gasteiger partial charge in [-0.15, -0.1) is 10.2 Å². The van der Waals surface area contributed by atoms with Crippen LogP contribution in [-0.4, -0.2) is 26.4 Å². The minimum absolute atomic E-state index is 0.167. The van der Waals surface area contributed by atoms with E-state index < -0.39 is 0 Å². The summed E-state index contributed by atoms with van der Waals surface area (Å²) in [5.41, 5.74) is 2.55. The molecular weight excluding hydrogens is 473 g/mol. The molecule has 4 aromatic rings. The molecule has 1 heterocycles. The Labute approximate surface area is 206 Å². The molecule has 3 aromatic carbocycles. The van der Waals surface area contributed by atoms with E-state index in [1.807, 2.05) is 34.9 Å². The van der Waals surface area contributed by atoms with Crippen molar-refractivity contribution < 1.29 is 9.18 Å². The molecule has 1 aromatic heterocycles. The molecule has 0 bridgehead atoms. The van der Waals surface area contributed by atoms with Crippen molar-refractivity contribution in [3.8, 4) is 0 Å². The summed E-state index contributed by atoms with van der Waals surface area (Å²) < 4.78 is 15.2. The zero-order valence-corrected chi connectivity index (χ0v) is 19.8. The highest BCUT2D eigenvalue weighted by Crippen LogP contribution is 2.23. The van der Waals surface area contributed by atoms with Crippen molar-refractivity contribution in [3.05, 3.63) is 101 Å². The summed E-state index contributed by atoms with van der Waals surface area (Å²) in [7, 11) is 0. The number of carbonyl (C=O) groups excluding carboxylic acids is 1. The number of thioether (sulfide) groups is 1. The summed E-state index contributed by atoms with van der Waals surface area (Å²) in [6.07, 6.45) is 0.793. The molecule has 0 unspecified atom stereocenters. The van der Waals surface area contributed by atoms with E-state index in [9.17, 15) is 9.18 Å². The van der Waals surface area contributed by atoms with E-state index in [-0.39, 0.29) is 17.5 Å². The lowest BCUT2D eigenvalue weighted by molar-refractivity contribution is -0.113. The number of amides is 1. The Hall–Kier alpha value is -3.36. The van der Waals surface area contributed by atoms with E-state index in [1.165, 1.54) is 29.5 Å². The maximum absolute atomic E-state index is 13.2. The standard InChI is InChI=1S/C25H23ClFN5OS/c26-21-8-4-5-9-22(21)29-24(33)17-34-25-31-30-23(16-28-20-12-10-19(27)11-13-20)32(25)15-14-18-6-2-1-3-7-18/h1-13,28H,14-17H2,(H,29,33). The summed E-state index contributed by atoms with van der Waals surface area (Å²) in [5, 5.41) is 15.9. The van der Waals surface area contributed by atoms with Gasteiger partial charge in [-0.3, -0.25) is 4.79 Å². The lowest BCUT2D eigenvalue weighted by Gasteiger charge is -2.12. The first-order valence-electron chi connectivity index (χ1n) is 10.7. The zero-order valence-electron chi connectivity index (χ0n) is 18.2. The Kier molecular flexibility index (Phi) is 8.17. The maximum atomic E-state index is 13.2. The topological polar surface area (TPSA) is 71.8 Å². The normalized spacial score (nSPS) is 10.8. The first-order valence-corrected chi connectivity index (χ1v) is 12.1. The van der Waals surface area contributed by atoms with Gasteiger partial charge in [0.15, 0.2) is 11.0 Å². The van der Waals surface area contributed by atoms with E-state index in [0.29, 0.717) is 29.0 Å². The number of rotatable bonds is 10. The Bertz CT molecular complexity index is 1230. The van der Waals surface area contributed by atoms with Gasteiger partial charge in [-0.2, -0.15) is 0 Å². The molecule has 0 saturated carbocycles. The first-order chi connectivity index (χ1) is 16.6. The largest absolute Gasteiger partial charge is 0.378 e. The number of para-hydroxylation sites is 1. The third-order valence-corrected chi connectivity index (χ3v) is 6.33. The number of carbonyl (C=O) groups is 1. The molecule has 4 rings (SSSR count). The number of benzene rings is 3. The van der Waals surface area contributed by atoms with Crippen LogP contribution in [0.3, 0.4) is 0 Å². The molecule has 0 atom stereocenters. The summed E-state index contributed by atoms with van der Waals surface area (Å²) in [6.45, 7) is 1.08. The summed E-state index contributed by atoms with van der Waals surface area (Å²) in [6, 6.07) is 23.4. The molecule has 9 heteroatoms. The van der Waals surface area contributed by atoms with Crippen LogP contribution in [0.2, 0.25) is 5.02 Å². The zero-order chi connectivity index (χ0) is 23.8. The number of anilines is 2. The monoisotopic (exact) mass is 495 g/mol. The van der Waals surface area contributed by atoms with Crippen molar-refractivity contribution in [2.45, 2.75) is 24.7 Å². The second-order valence-corrected chi connectivity index (χ2v) is 8.81. The molecule has 0 radical (unpaired) electrons. The predicted molar refractivity (Wildman–Crippen MR) is 135 cm³/mol. The van der Waals surface area contributed by atoms with Crippen LogP contribution < -0.4 is 10.6 Å². The number of nitrogens with zero attached hydrogens (tertiary/aromatic N) is 3. The average molecular weight is 496 g/mol. The second kappa shape index (κ2) is 11.7. The van der Waals surface area contributed by atoms with Crippen molar-refractivity contribution in [3.63, 3.8) is 0 Å². The Morgan fingerprint density at radius 3 is 2.47 bits per heavy atom. The van der Waals surface area contributed by atoms with E-state index in [2.05, 4.69) is 33.0 Å². The van der Waals surface area contributed by atoms with E-state index >= 15 is 0 Å². The van der Waals surface area contributed by atoms with Crippen LogP contribution >= 0.6 is 23.4 Å². The Morgan fingerprint density at radius 1 is 0.971 bits per heavy atom. The number of aromatic nitrogens is 3. The molecule has 1 amide bonds. The van der Waals surface area contributed by atoms with Gasteiger partial charge in [0.2, 0.25) is 5.91 Å². The molecule has 2 N–H and O–H groups in total. The van der Waals surface area contributed by atoms with E-state index in [1.54, 1.807) is 24.3 Å². The SMILES string of the molecule is O=C(CSc1nnc(CNc2ccc(F)cc2)n1CCc1ccccc1)Nc1ccccc1Cl. The van der Waals surface area contributed by atoms with Crippen molar-refractivity contribution >= 4 is 40.6 Å². The van der Waals surface area contributed by atoms with Crippen molar-refractivity contribution in [1.82, 2.24) is 14.8 Å². The number of hydrogen-bond acceptors (Lipinski definition) is 5.